The van der Waals surface area contributed by atoms with Crippen LogP contribution in [0.5, 0.6) is 0 Å². The second-order valence-corrected chi connectivity index (χ2v) is 11.0. The predicted octanol–water partition coefficient (Wildman–Crippen LogP) is 2.82. The Kier molecular flexibility index (Phi) is 6.46. The van der Waals surface area contributed by atoms with E-state index < -0.39 is 12.0 Å². The molecule has 4 N–H and O–H groups in total. The van der Waals surface area contributed by atoms with E-state index in [0.29, 0.717) is 46.8 Å². The zero-order valence-corrected chi connectivity index (χ0v) is 21.6. The summed E-state index contributed by atoms with van der Waals surface area (Å²) < 4.78 is 16.8. The van der Waals surface area contributed by atoms with Crippen molar-refractivity contribution < 1.29 is 14.0 Å². The van der Waals surface area contributed by atoms with Crippen LogP contribution >= 0.6 is 0 Å². The molecule has 0 unspecified atom stereocenters. The van der Waals surface area contributed by atoms with Gasteiger partial charge in [0.1, 0.15) is 17.6 Å². The Morgan fingerprint density at radius 1 is 1.13 bits per heavy atom. The molecule has 1 aliphatic heterocycles. The Morgan fingerprint density at radius 3 is 2.45 bits per heavy atom. The number of rotatable bonds is 10. The molecule has 2 saturated carbocycles. The lowest BCUT2D eigenvalue weighted by atomic mass is 9.88. The lowest BCUT2D eigenvalue weighted by Crippen LogP contribution is -2.50. The molecule has 3 aromatic heterocycles. The van der Waals surface area contributed by atoms with E-state index in [2.05, 4.69) is 36.2 Å². The van der Waals surface area contributed by atoms with Crippen molar-refractivity contribution in [1.82, 2.24) is 35.6 Å². The van der Waals surface area contributed by atoms with Crippen LogP contribution in [-0.2, 0) is 11.3 Å². The third-order valence-electron chi connectivity index (χ3n) is 8.03. The van der Waals surface area contributed by atoms with E-state index in [0.717, 1.165) is 44.5 Å². The Morgan fingerprint density at radius 2 is 1.87 bits per heavy atom. The standard InChI is InChI=1S/C27H33FN8O2/c1-14-22(15(2)35-34-14)19-7-8-21(31-25(19)28)32-27(38)24(23(17-3-4-17)18-5-6-18)33-26(37)20-9-10-30-36(20)13-16-11-29-12-16/h7-10,16-18,23-24,29H,3-6,11-13H2,1-2H3,(H,33,37)(H,34,35)(H,31,32,38)/t24-/m0/s1. The van der Waals surface area contributed by atoms with E-state index in [1.807, 2.05) is 6.92 Å². The highest BCUT2D eigenvalue weighted by Crippen LogP contribution is 2.51. The normalized spacial score (nSPS) is 18.3. The molecule has 11 heteroatoms. The van der Waals surface area contributed by atoms with Crippen molar-refractivity contribution in [2.24, 2.45) is 23.7 Å². The number of anilines is 1. The van der Waals surface area contributed by atoms with Gasteiger partial charge in [-0.3, -0.25) is 19.4 Å². The third-order valence-corrected chi connectivity index (χ3v) is 8.03. The van der Waals surface area contributed by atoms with Crippen LogP contribution in [0.15, 0.2) is 24.4 Å². The van der Waals surface area contributed by atoms with Gasteiger partial charge in [-0.15, -0.1) is 0 Å². The second kappa shape index (κ2) is 9.94. The molecule has 200 valence electrons. The molecule has 0 aromatic carbocycles. The van der Waals surface area contributed by atoms with Gasteiger partial charge in [-0.1, -0.05) is 0 Å². The molecule has 0 radical (unpaired) electrons. The Balaban J connectivity index is 1.22. The van der Waals surface area contributed by atoms with E-state index in [4.69, 9.17) is 0 Å². The highest BCUT2D eigenvalue weighted by Gasteiger charge is 2.48. The number of carbonyl (C=O) groups excluding carboxylic acids is 2. The summed E-state index contributed by atoms with van der Waals surface area (Å²) in [6, 6.07) is 4.14. The molecule has 4 heterocycles. The van der Waals surface area contributed by atoms with E-state index in [1.54, 1.807) is 36.0 Å². The highest BCUT2D eigenvalue weighted by molar-refractivity contribution is 6.00. The van der Waals surface area contributed by atoms with Gasteiger partial charge < -0.3 is 16.0 Å². The molecule has 1 saturated heterocycles. The summed E-state index contributed by atoms with van der Waals surface area (Å²) in [6.45, 7) is 6.08. The van der Waals surface area contributed by atoms with Crippen molar-refractivity contribution in [3.63, 3.8) is 0 Å². The fourth-order valence-electron chi connectivity index (χ4n) is 5.68. The van der Waals surface area contributed by atoms with E-state index in [-0.39, 0.29) is 23.6 Å². The van der Waals surface area contributed by atoms with Crippen molar-refractivity contribution in [1.29, 1.82) is 0 Å². The van der Waals surface area contributed by atoms with Gasteiger partial charge in [0.2, 0.25) is 11.9 Å². The van der Waals surface area contributed by atoms with Crippen molar-refractivity contribution in [2.45, 2.75) is 52.1 Å². The van der Waals surface area contributed by atoms with Crippen molar-refractivity contribution in [3.8, 4) is 11.1 Å². The Bertz CT molecular complexity index is 1320. The average Bonchev–Trinajstić information content (AvgIpc) is 3.79. The predicted molar refractivity (Wildman–Crippen MR) is 139 cm³/mol. The van der Waals surface area contributed by atoms with E-state index in [1.165, 1.54) is 0 Å². The summed E-state index contributed by atoms with van der Waals surface area (Å²) in [5.74, 6) is 0.0328. The molecule has 3 aliphatic rings. The van der Waals surface area contributed by atoms with Crippen LogP contribution in [-0.4, -0.2) is 55.9 Å². The molecule has 38 heavy (non-hydrogen) atoms. The maximum absolute atomic E-state index is 15.1. The number of halogens is 1. The number of aromatic nitrogens is 5. The van der Waals surface area contributed by atoms with Gasteiger partial charge in [0, 0.05) is 48.6 Å². The molecule has 10 nitrogen and oxygen atoms in total. The summed E-state index contributed by atoms with van der Waals surface area (Å²) in [6.07, 6.45) is 5.83. The molecule has 0 bridgehead atoms. The highest BCUT2D eigenvalue weighted by atomic mass is 19.1. The van der Waals surface area contributed by atoms with Crippen LogP contribution in [0, 0.1) is 43.5 Å². The molecule has 2 amide bonds. The zero-order chi connectivity index (χ0) is 26.4. The number of aryl methyl sites for hydroxylation is 2. The molecular formula is C27H33FN8O2. The van der Waals surface area contributed by atoms with Crippen LogP contribution in [0.4, 0.5) is 10.2 Å². The number of H-pyrrole nitrogens is 1. The van der Waals surface area contributed by atoms with Crippen LogP contribution in [0.1, 0.15) is 47.6 Å². The first-order valence-corrected chi connectivity index (χ1v) is 13.4. The number of aromatic amines is 1. The minimum absolute atomic E-state index is 0.0477. The summed E-state index contributed by atoms with van der Waals surface area (Å²) in [4.78, 5) is 31.1. The quantitative estimate of drug-likeness (QED) is 0.304. The molecule has 6 rings (SSSR count). The summed E-state index contributed by atoms with van der Waals surface area (Å²) in [5.41, 5.74) is 2.84. The molecular weight excluding hydrogens is 487 g/mol. The number of amides is 2. The smallest absolute Gasteiger partial charge is 0.270 e. The van der Waals surface area contributed by atoms with Gasteiger partial charge in [-0.25, -0.2) is 4.98 Å². The molecule has 0 spiro atoms. The SMILES string of the molecule is Cc1n[nH]c(C)c1-c1ccc(NC(=O)[C@@H](NC(=O)c2ccnn2CC2CNC2)C(C2CC2)C2CC2)nc1F. The first-order chi connectivity index (χ1) is 18.4. The summed E-state index contributed by atoms with van der Waals surface area (Å²) in [7, 11) is 0. The van der Waals surface area contributed by atoms with Crippen LogP contribution < -0.4 is 16.0 Å². The number of carbonyl (C=O) groups is 2. The van der Waals surface area contributed by atoms with Crippen molar-refractivity contribution >= 4 is 17.6 Å². The first-order valence-electron chi connectivity index (χ1n) is 13.4. The fourth-order valence-corrected chi connectivity index (χ4v) is 5.68. The Labute approximate surface area is 220 Å². The number of hydrogen-bond acceptors (Lipinski definition) is 6. The van der Waals surface area contributed by atoms with E-state index >= 15 is 4.39 Å². The van der Waals surface area contributed by atoms with Gasteiger partial charge in [-0.05, 0) is 75.5 Å². The number of hydrogen-bond donors (Lipinski definition) is 4. The number of pyridine rings is 1. The summed E-state index contributed by atoms with van der Waals surface area (Å²) >= 11 is 0. The fraction of sp³-hybridized carbons (Fsp3) is 0.519. The Hall–Kier alpha value is -3.60. The molecule has 1 atom stereocenters. The molecule has 3 fully saturated rings. The number of nitrogens with one attached hydrogen (secondary N) is 4. The lowest BCUT2D eigenvalue weighted by Gasteiger charge is -2.29. The minimum Gasteiger partial charge on any atom is -0.339 e. The largest absolute Gasteiger partial charge is 0.339 e. The van der Waals surface area contributed by atoms with Crippen LogP contribution in [0.2, 0.25) is 0 Å². The van der Waals surface area contributed by atoms with Gasteiger partial charge in [0.15, 0.2) is 0 Å². The van der Waals surface area contributed by atoms with Crippen LogP contribution in [0.25, 0.3) is 11.1 Å². The maximum Gasteiger partial charge on any atom is 0.270 e. The van der Waals surface area contributed by atoms with Gasteiger partial charge in [0.25, 0.3) is 5.91 Å². The van der Waals surface area contributed by atoms with Gasteiger partial charge in [-0.2, -0.15) is 14.6 Å². The minimum atomic E-state index is -0.737. The van der Waals surface area contributed by atoms with Gasteiger partial charge in [0.05, 0.1) is 5.69 Å². The first kappa shape index (κ1) is 24.7. The molecule has 3 aromatic rings. The monoisotopic (exact) mass is 520 g/mol. The van der Waals surface area contributed by atoms with Gasteiger partial charge >= 0.3 is 0 Å². The topological polar surface area (TPSA) is 130 Å². The maximum atomic E-state index is 15.1. The third kappa shape index (κ3) is 4.94. The van der Waals surface area contributed by atoms with E-state index in [9.17, 15) is 9.59 Å². The second-order valence-electron chi connectivity index (χ2n) is 11.0. The van der Waals surface area contributed by atoms with Crippen molar-refractivity contribution in [3.05, 3.63) is 47.4 Å². The van der Waals surface area contributed by atoms with Crippen LogP contribution in [0.3, 0.4) is 0 Å². The molecule has 2 aliphatic carbocycles. The lowest BCUT2D eigenvalue weighted by molar-refractivity contribution is -0.119. The number of nitrogens with zero attached hydrogens (tertiary/aromatic N) is 4. The summed E-state index contributed by atoms with van der Waals surface area (Å²) in [5, 5.41) is 20.4. The van der Waals surface area contributed by atoms with Crippen molar-refractivity contribution in [2.75, 3.05) is 18.4 Å². The zero-order valence-electron chi connectivity index (χ0n) is 21.6. The average molecular weight is 521 g/mol.